The summed E-state index contributed by atoms with van der Waals surface area (Å²) in [5.41, 5.74) is 0.831. The number of aliphatic hydroxyl groups is 1. The molecule has 4 N–H and O–H groups in total. The molecule has 1 fully saturated rings. The van der Waals surface area contributed by atoms with E-state index in [4.69, 9.17) is 9.84 Å². The standard InChI is InChI=1S/C18H24N2O6/c21-14(9-16(22)20-15(17(23)24)8-12-6-7-12)10-19-18(25)26-11-13-4-2-1-3-5-13/h1-5,12,14-15,21H,6-11H2,(H,19,25)(H,20,22)(H,23,24)/t14-,15-/m1/s1. The van der Waals surface area contributed by atoms with E-state index >= 15 is 0 Å². The quantitative estimate of drug-likeness (QED) is 0.491. The van der Waals surface area contributed by atoms with E-state index in [2.05, 4.69) is 10.6 Å². The number of carbonyl (C=O) groups is 3. The number of nitrogens with one attached hydrogen (secondary N) is 2. The summed E-state index contributed by atoms with van der Waals surface area (Å²) in [6, 6.07) is 8.19. The van der Waals surface area contributed by atoms with Crippen molar-refractivity contribution in [2.45, 2.75) is 44.4 Å². The van der Waals surface area contributed by atoms with Crippen molar-refractivity contribution in [3.05, 3.63) is 35.9 Å². The van der Waals surface area contributed by atoms with Crippen molar-refractivity contribution in [3.8, 4) is 0 Å². The SMILES string of the molecule is O=C(C[C@@H](O)CNC(=O)OCc1ccccc1)N[C@H](CC1CC1)C(=O)O. The number of amides is 2. The highest BCUT2D eigenvalue weighted by Gasteiger charge is 2.30. The molecule has 0 aliphatic heterocycles. The predicted molar refractivity (Wildman–Crippen MR) is 92.2 cm³/mol. The molecule has 1 aliphatic carbocycles. The number of hydrogen-bond acceptors (Lipinski definition) is 5. The van der Waals surface area contributed by atoms with Crippen LogP contribution >= 0.6 is 0 Å². The van der Waals surface area contributed by atoms with Gasteiger partial charge in [-0.1, -0.05) is 43.2 Å². The summed E-state index contributed by atoms with van der Waals surface area (Å²) in [6.07, 6.45) is 0.239. The maximum atomic E-state index is 11.8. The van der Waals surface area contributed by atoms with Crippen LogP contribution in [0.15, 0.2) is 30.3 Å². The predicted octanol–water partition coefficient (Wildman–Crippen LogP) is 1.03. The highest BCUT2D eigenvalue weighted by Crippen LogP contribution is 2.33. The van der Waals surface area contributed by atoms with E-state index in [0.29, 0.717) is 12.3 Å². The third kappa shape index (κ3) is 7.52. The number of ether oxygens (including phenoxy) is 1. The number of hydrogen-bond donors (Lipinski definition) is 4. The Morgan fingerprint density at radius 1 is 1.19 bits per heavy atom. The second-order valence-electron chi connectivity index (χ2n) is 6.44. The highest BCUT2D eigenvalue weighted by atomic mass is 16.5. The van der Waals surface area contributed by atoms with Crippen molar-refractivity contribution in [3.63, 3.8) is 0 Å². The number of aliphatic hydroxyl groups excluding tert-OH is 1. The van der Waals surface area contributed by atoms with Gasteiger partial charge in [-0.3, -0.25) is 4.79 Å². The van der Waals surface area contributed by atoms with Gasteiger partial charge < -0.3 is 25.6 Å². The third-order valence-corrected chi connectivity index (χ3v) is 4.02. The van der Waals surface area contributed by atoms with Gasteiger partial charge in [-0.2, -0.15) is 0 Å². The minimum absolute atomic E-state index is 0.102. The Morgan fingerprint density at radius 2 is 1.88 bits per heavy atom. The lowest BCUT2D eigenvalue weighted by atomic mass is 10.1. The van der Waals surface area contributed by atoms with Gasteiger partial charge in [0.1, 0.15) is 12.6 Å². The van der Waals surface area contributed by atoms with Crippen molar-refractivity contribution in [2.75, 3.05) is 6.54 Å². The second-order valence-corrected chi connectivity index (χ2v) is 6.44. The van der Waals surface area contributed by atoms with Crippen LogP contribution in [0.25, 0.3) is 0 Å². The second kappa shape index (κ2) is 9.76. The summed E-state index contributed by atoms with van der Waals surface area (Å²) in [4.78, 5) is 34.6. The zero-order valence-electron chi connectivity index (χ0n) is 14.4. The molecule has 2 amide bonds. The van der Waals surface area contributed by atoms with Crippen molar-refractivity contribution in [1.29, 1.82) is 0 Å². The van der Waals surface area contributed by atoms with E-state index in [-0.39, 0.29) is 19.6 Å². The lowest BCUT2D eigenvalue weighted by Crippen LogP contribution is -2.43. The smallest absolute Gasteiger partial charge is 0.407 e. The van der Waals surface area contributed by atoms with Crippen LogP contribution in [0.3, 0.4) is 0 Å². The van der Waals surface area contributed by atoms with Crippen molar-refractivity contribution in [2.24, 2.45) is 5.92 Å². The van der Waals surface area contributed by atoms with Crippen LogP contribution in [0, 0.1) is 5.92 Å². The average molecular weight is 364 g/mol. The molecule has 142 valence electrons. The molecule has 0 heterocycles. The molecule has 1 aromatic carbocycles. The maximum absolute atomic E-state index is 11.8. The molecule has 26 heavy (non-hydrogen) atoms. The molecular formula is C18H24N2O6. The Labute approximate surface area is 151 Å². The summed E-state index contributed by atoms with van der Waals surface area (Å²) in [5, 5.41) is 23.7. The first-order valence-corrected chi connectivity index (χ1v) is 8.59. The molecule has 0 radical (unpaired) electrons. The van der Waals surface area contributed by atoms with E-state index in [1.165, 1.54) is 0 Å². The Bertz CT molecular complexity index is 617. The first-order chi connectivity index (χ1) is 12.4. The van der Waals surface area contributed by atoms with Gasteiger partial charge in [-0.05, 0) is 17.9 Å². The first-order valence-electron chi connectivity index (χ1n) is 8.59. The van der Waals surface area contributed by atoms with Gasteiger partial charge in [0.2, 0.25) is 5.91 Å². The van der Waals surface area contributed by atoms with Crippen LogP contribution in [-0.4, -0.2) is 46.9 Å². The molecule has 1 saturated carbocycles. The van der Waals surface area contributed by atoms with Gasteiger partial charge in [-0.15, -0.1) is 0 Å². The molecule has 0 spiro atoms. The zero-order chi connectivity index (χ0) is 18.9. The summed E-state index contributed by atoms with van der Waals surface area (Å²) < 4.78 is 4.99. The molecule has 8 heteroatoms. The van der Waals surface area contributed by atoms with Gasteiger partial charge in [0.15, 0.2) is 0 Å². The first kappa shape index (κ1) is 19.7. The fourth-order valence-electron chi connectivity index (χ4n) is 2.42. The molecule has 0 aromatic heterocycles. The number of rotatable bonds is 10. The van der Waals surface area contributed by atoms with Gasteiger partial charge in [0, 0.05) is 6.54 Å². The van der Waals surface area contributed by atoms with Gasteiger partial charge >= 0.3 is 12.1 Å². The fourth-order valence-corrected chi connectivity index (χ4v) is 2.42. The largest absolute Gasteiger partial charge is 0.480 e. The van der Waals surface area contributed by atoms with E-state index < -0.39 is 30.1 Å². The minimum atomic E-state index is -1.13. The fraction of sp³-hybridized carbons (Fsp3) is 0.500. The van der Waals surface area contributed by atoms with Crippen molar-refractivity contribution < 1.29 is 29.3 Å². The van der Waals surface area contributed by atoms with E-state index in [1.54, 1.807) is 0 Å². The lowest BCUT2D eigenvalue weighted by molar-refractivity contribution is -0.142. The zero-order valence-corrected chi connectivity index (χ0v) is 14.4. The molecule has 1 aliphatic rings. The monoisotopic (exact) mass is 364 g/mol. The summed E-state index contributed by atoms with van der Waals surface area (Å²) in [7, 11) is 0. The lowest BCUT2D eigenvalue weighted by Gasteiger charge is -2.16. The Hall–Kier alpha value is -2.61. The molecule has 0 saturated heterocycles. The van der Waals surface area contributed by atoms with Crippen molar-refractivity contribution in [1.82, 2.24) is 10.6 Å². The molecule has 2 atom stereocenters. The van der Waals surface area contributed by atoms with Crippen molar-refractivity contribution >= 4 is 18.0 Å². The molecular weight excluding hydrogens is 340 g/mol. The Balaban J connectivity index is 1.63. The molecule has 2 rings (SSSR count). The molecule has 1 aromatic rings. The van der Waals surface area contributed by atoms with Crippen LogP contribution in [-0.2, 0) is 20.9 Å². The number of alkyl carbamates (subject to hydrolysis) is 1. The summed E-state index contributed by atoms with van der Waals surface area (Å²) in [5.74, 6) is -1.30. The van der Waals surface area contributed by atoms with Crippen LogP contribution in [0.5, 0.6) is 0 Å². The third-order valence-electron chi connectivity index (χ3n) is 4.02. The number of carbonyl (C=O) groups excluding carboxylic acids is 2. The number of carboxylic acid groups (broad SMARTS) is 1. The highest BCUT2D eigenvalue weighted by molar-refractivity contribution is 5.83. The van der Waals surface area contributed by atoms with Gasteiger partial charge in [0.05, 0.1) is 12.5 Å². The Morgan fingerprint density at radius 3 is 2.50 bits per heavy atom. The summed E-state index contributed by atoms with van der Waals surface area (Å²) >= 11 is 0. The van der Waals surface area contributed by atoms with Crippen LogP contribution < -0.4 is 10.6 Å². The minimum Gasteiger partial charge on any atom is -0.480 e. The van der Waals surface area contributed by atoms with E-state index in [0.717, 1.165) is 18.4 Å². The van der Waals surface area contributed by atoms with Crippen LogP contribution in [0.2, 0.25) is 0 Å². The average Bonchev–Trinajstić information content (AvgIpc) is 3.42. The van der Waals surface area contributed by atoms with Crippen LogP contribution in [0.1, 0.15) is 31.2 Å². The van der Waals surface area contributed by atoms with Gasteiger partial charge in [-0.25, -0.2) is 9.59 Å². The topological polar surface area (TPSA) is 125 Å². The summed E-state index contributed by atoms with van der Waals surface area (Å²) in [6.45, 7) is -0.0634. The number of aliphatic carboxylic acids is 1. The maximum Gasteiger partial charge on any atom is 0.407 e. The number of carboxylic acids is 1. The van der Waals surface area contributed by atoms with E-state index in [1.807, 2.05) is 30.3 Å². The molecule has 8 nitrogen and oxygen atoms in total. The molecule has 0 unspecified atom stereocenters. The van der Waals surface area contributed by atoms with Gasteiger partial charge in [0.25, 0.3) is 0 Å². The van der Waals surface area contributed by atoms with Crippen LogP contribution in [0.4, 0.5) is 4.79 Å². The van der Waals surface area contributed by atoms with E-state index in [9.17, 15) is 19.5 Å². The normalized spacial score (nSPS) is 15.6. The Kier molecular flexibility index (Phi) is 7.40. The number of benzene rings is 1. The molecule has 0 bridgehead atoms.